The van der Waals surface area contributed by atoms with E-state index < -0.39 is 12.0 Å². The lowest BCUT2D eigenvalue weighted by Crippen LogP contribution is -2.39. The minimum Gasteiger partial charge on any atom is -0.480 e. The summed E-state index contributed by atoms with van der Waals surface area (Å²) in [5.74, 6) is 0.230. The molecule has 1 saturated heterocycles. The van der Waals surface area contributed by atoms with Crippen molar-refractivity contribution in [3.8, 4) is 0 Å². The Kier molecular flexibility index (Phi) is 3.40. The molecule has 2 heterocycles. The van der Waals surface area contributed by atoms with E-state index in [4.69, 9.17) is 11.6 Å². The van der Waals surface area contributed by atoms with Gasteiger partial charge in [-0.2, -0.15) is 0 Å². The van der Waals surface area contributed by atoms with E-state index in [0.29, 0.717) is 11.7 Å². The highest BCUT2D eigenvalue weighted by Crippen LogP contribution is 2.26. The third-order valence-corrected chi connectivity index (χ3v) is 3.78. The number of likely N-dealkylation sites (tertiary alicyclic amines) is 1. The van der Waals surface area contributed by atoms with Gasteiger partial charge in [0.2, 0.25) is 0 Å². The molecule has 0 aliphatic carbocycles. The van der Waals surface area contributed by atoms with Crippen molar-refractivity contribution in [2.45, 2.75) is 25.9 Å². The average molecular weight is 258 g/mol. The van der Waals surface area contributed by atoms with Crippen molar-refractivity contribution >= 4 is 17.6 Å². The first-order valence-electron chi connectivity index (χ1n) is 5.63. The van der Waals surface area contributed by atoms with Gasteiger partial charge in [0, 0.05) is 7.05 Å². The first kappa shape index (κ1) is 12.4. The van der Waals surface area contributed by atoms with Gasteiger partial charge in [-0.05, 0) is 18.9 Å². The molecular formula is C11H16ClN3O2. The van der Waals surface area contributed by atoms with Crippen LogP contribution in [0, 0.1) is 5.92 Å². The second-order valence-electron chi connectivity index (χ2n) is 4.58. The number of carboxylic acid groups (broad SMARTS) is 1. The van der Waals surface area contributed by atoms with Crippen molar-refractivity contribution in [2.24, 2.45) is 13.0 Å². The highest BCUT2D eigenvalue weighted by atomic mass is 35.5. The number of aliphatic carboxylic acids is 1. The lowest BCUT2D eigenvalue weighted by molar-refractivity contribution is -0.143. The van der Waals surface area contributed by atoms with Gasteiger partial charge in [0.15, 0.2) is 0 Å². The number of nitrogens with zero attached hydrogens (tertiary/aromatic N) is 3. The van der Waals surface area contributed by atoms with Crippen LogP contribution in [0.5, 0.6) is 0 Å². The Morgan fingerprint density at radius 1 is 1.71 bits per heavy atom. The first-order valence-corrected chi connectivity index (χ1v) is 6.01. The average Bonchev–Trinajstić information content (AvgIpc) is 2.77. The number of halogens is 1. The maximum atomic E-state index is 11.2. The molecule has 1 aromatic rings. The maximum absolute atomic E-state index is 11.2. The van der Waals surface area contributed by atoms with E-state index in [1.165, 1.54) is 0 Å². The van der Waals surface area contributed by atoms with Crippen LogP contribution in [0.15, 0.2) is 6.20 Å². The fourth-order valence-corrected chi connectivity index (χ4v) is 2.50. The molecule has 0 saturated carbocycles. The van der Waals surface area contributed by atoms with E-state index in [9.17, 15) is 9.90 Å². The Hall–Kier alpha value is -1.07. The predicted molar refractivity (Wildman–Crippen MR) is 63.8 cm³/mol. The van der Waals surface area contributed by atoms with Crippen LogP contribution in [0.1, 0.15) is 19.2 Å². The molecule has 1 aliphatic rings. The molecule has 5 nitrogen and oxygen atoms in total. The molecule has 0 amide bonds. The van der Waals surface area contributed by atoms with Crippen LogP contribution in [-0.2, 0) is 18.4 Å². The SMILES string of the molecule is CC1CCN(Cc2ncc(Cl)n2C)C1C(=O)O. The lowest BCUT2D eigenvalue weighted by Gasteiger charge is -2.22. The van der Waals surface area contributed by atoms with E-state index in [1.807, 2.05) is 18.9 Å². The van der Waals surface area contributed by atoms with Gasteiger partial charge in [0.1, 0.15) is 17.0 Å². The standard InChI is InChI=1S/C11H16ClN3O2/c1-7-3-4-15(10(7)11(16)17)6-9-13-5-8(12)14(9)2/h5,7,10H,3-4,6H2,1-2H3,(H,16,17). The number of carbonyl (C=O) groups is 1. The van der Waals surface area contributed by atoms with Crippen LogP contribution >= 0.6 is 11.6 Å². The van der Waals surface area contributed by atoms with Gasteiger partial charge >= 0.3 is 5.97 Å². The molecule has 1 aliphatic heterocycles. The van der Waals surface area contributed by atoms with Crippen LogP contribution in [-0.4, -0.2) is 38.1 Å². The number of rotatable bonds is 3. The topological polar surface area (TPSA) is 58.4 Å². The zero-order valence-electron chi connectivity index (χ0n) is 9.93. The number of hydrogen-bond acceptors (Lipinski definition) is 3. The zero-order chi connectivity index (χ0) is 12.6. The zero-order valence-corrected chi connectivity index (χ0v) is 10.7. The summed E-state index contributed by atoms with van der Waals surface area (Å²) in [6, 6.07) is -0.412. The van der Waals surface area contributed by atoms with E-state index in [-0.39, 0.29) is 5.92 Å². The Labute approximate surface area is 105 Å². The molecule has 0 spiro atoms. The maximum Gasteiger partial charge on any atom is 0.321 e. The van der Waals surface area contributed by atoms with Gasteiger partial charge < -0.3 is 9.67 Å². The van der Waals surface area contributed by atoms with Gasteiger partial charge in [-0.1, -0.05) is 18.5 Å². The van der Waals surface area contributed by atoms with E-state index in [1.54, 1.807) is 10.8 Å². The molecule has 0 radical (unpaired) electrons. The fourth-order valence-electron chi connectivity index (χ4n) is 2.36. The van der Waals surface area contributed by atoms with Crippen LogP contribution in [0.2, 0.25) is 5.15 Å². The molecule has 2 rings (SSSR count). The third kappa shape index (κ3) is 2.30. The van der Waals surface area contributed by atoms with Crippen molar-refractivity contribution in [3.05, 3.63) is 17.2 Å². The van der Waals surface area contributed by atoms with Gasteiger partial charge in [-0.15, -0.1) is 0 Å². The van der Waals surface area contributed by atoms with Crippen LogP contribution in [0.3, 0.4) is 0 Å². The van der Waals surface area contributed by atoms with Gasteiger partial charge in [-0.3, -0.25) is 9.69 Å². The predicted octanol–water partition coefficient (Wildman–Crippen LogP) is 1.37. The highest BCUT2D eigenvalue weighted by Gasteiger charge is 2.37. The molecule has 0 bridgehead atoms. The summed E-state index contributed by atoms with van der Waals surface area (Å²) in [5, 5.41) is 9.78. The highest BCUT2D eigenvalue weighted by molar-refractivity contribution is 6.29. The smallest absolute Gasteiger partial charge is 0.321 e. The van der Waals surface area contributed by atoms with E-state index in [0.717, 1.165) is 18.8 Å². The monoisotopic (exact) mass is 257 g/mol. The Morgan fingerprint density at radius 3 is 2.94 bits per heavy atom. The van der Waals surface area contributed by atoms with Crippen LogP contribution < -0.4 is 0 Å². The third-order valence-electron chi connectivity index (χ3n) is 3.43. The molecule has 0 aromatic carbocycles. The van der Waals surface area contributed by atoms with Crippen molar-refractivity contribution in [2.75, 3.05) is 6.54 Å². The molecule has 94 valence electrons. The Bertz CT molecular complexity index is 432. The van der Waals surface area contributed by atoms with Gasteiger partial charge in [0.25, 0.3) is 0 Å². The fraction of sp³-hybridized carbons (Fsp3) is 0.636. The van der Waals surface area contributed by atoms with Crippen LogP contribution in [0.25, 0.3) is 0 Å². The second-order valence-corrected chi connectivity index (χ2v) is 4.96. The molecule has 2 atom stereocenters. The summed E-state index contributed by atoms with van der Waals surface area (Å²) in [6.45, 7) is 3.30. The molecular weight excluding hydrogens is 242 g/mol. The largest absolute Gasteiger partial charge is 0.480 e. The summed E-state index contributed by atoms with van der Waals surface area (Å²) in [5.41, 5.74) is 0. The minimum absolute atomic E-state index is 0.184. The Balaban J connectivity index is 2.13. The normalized spacial score (nSPS) is 25.4. The molecule has 1 N–H and O–H groups in total. The summed E-state index contributed by atoms with van der Waals surface area (Å²) < 4.78 is 1.78. The molecule has 1 aromatic heterocycles. The van der Waals surface area contributed by atoms with Gasteiger partial charge in [0.05, 0.1) is 12.7 Å². The first-order chi connectivity index (χ1) is 8.00. The number of aromatic nitrogens is 2. The quantitative estimate of drug-likeness (QED) is 0.889. The molecule has 6 heteroatoms. The Morgan fingerprint density at radius 2 is 2.41 bits per heavy atom. The van der Waals surface area contributed by atoms with Crippen molar-refractivity contribution in [1.82, 2.24) is 14.5 Å². The number of hydrogen-bond donors (Lipinski definition) is 1. The van der Waals surface area contributed by atoms with Crippen LogP contribution in [0.4, 0.5) is 0 Å². The van der Waals surface area contributed by atoms with Crippen molar-refractivity contribution in [1.29, 1.82) is 0 Å². The van der Waals surface area contributed by atoms with Gasteiger partial charge in [-0.25, -0.2) is 4.98 Å². The van der Waals surface area contributed by atoms with Crippen molar-refractivity contribution < 1.29 is 9.90 Å². The summed E-state index contributed by atoms with van der Waals surface area (Å²) >= 11 is 5.91. The summed E-state index contributed by atoms with van der Waals surface area (Å²) in [6.07, 6.45) is 2.50. The summed E-state index contributed by atoms with van der Waals surface area (Å²) in [7, 11) is 1.83. The number of carboxylic acids is 1. The minimum atomic E-state index is -0.754. The molecule has 1 fully saturated rings. The summed E-state index contributed by atoms with van der Waals surface area (Å²) in [4.78, 5) is 17.4. The van der Waals surface area contributed by atoms with E-state index >= 15 is 0 Å². The molecule has 17 heavy (non-hydrogen) atoms. The number of imidazole rings is 1. The lowest BCUT2D eigenvalue weighted by atomic mass is 10.0. The second kappa shape index (κ2) is 4.66. The van der Waals surface area contributed by atoms with E-state index in [2.05, 4.69) is 4.98 Å². The molecule has 2 unspecified atom stereocenters. The van der Waals surface area contributed by atoms with Crippen molar-refractivity contribution in [3.63, 3.8) is 0 Å².